The van der Waals surface area contributed by atoms with E-state index < -0.39 is 17.5 Å². The summed E-state index contributed by atoms with van der Waals surface area (Å²) in [4.78, 5) is 0. The van der Waals surface area contributed by atoms with E-state index in [2.05, 4.69) is 5.32 Å². The molecule has 0 heterocycles. The predicted molar refractivity (Wildman–Crippen MR) is 73.9 cm³/mol. The highest BCUT2D eigenvalue weighted by Gasteiger charge is 2.27. The number of halogens is 3. The Morgan fingerprint density at radius 1 is 0.950 bits per heavy atom. The molecule has 0 saturated heterocycles. The molecule has 1 aliphatic rings. The summed E-state index contributed by atoms with van der Waals surface area (Å²) >= 11 is 0. The van der Waals surface area contributed by atoms with Crippen molar-refractivity contribution >= 4 is 0 Å². The second kappa shape index (κ2) is 7.11. The van der Waals surface area contributed by atoms with Gasteiger partial charge in [-0.05, 0) is 25.8 Å². The highest BCUT2D eigenvalue weighted by molar-refractivity contribution is 5.25. The third-order valence-electron chi connectivity index (χ3n) is 4.29. The molecule has 1 N–H and O–H groups in total. The fourth-order valence-corrected chi connectivity index (χ4v) is 3.29. The normalized spacial score (nSPS) is 19.4. The Kier molecular flexibility index (Phi) is 5.46. The molecule has 2 rings (SSSR count). The van der Waals surface area contributed by atoms with Crippen molar-refractivity contribution < 1.29 is 13.2 Å². The molecule has 112 valence electrons. The summed E-state index contributed by atoms with van der Waals surface area (Å²) in [6, 6.07) is 1.16. The average molecular weight is 285 g/mol. The molecule has 0 radical (unpaired) electrons. The van der Waals surface area contributed by atoms with Gasteiger partial charge in [0.15, 0.2) is 0 Å². The molecule has 1 unspecified atom stereocenters. The summed E-state index contributed by atoms with van der Waals surface area (Å²) in [5, 5.41) is 3.03. The minimum Gasteiger partial charge on any atom is -0.313 e. The Bertz CT molecular complexity index is 416. The first-order chi connectivity index (χ1) is 9.63. The lowest BCUT2D eigenvalue weighted by Gasteiger charge is -2.29. The number of hydrogen-bond donors (Lipinski definition) is 1. The van der Waals surface area contributed by atoms with Crippen molar-refractivity contribution in [1.29, 1.82) is 0 Å². The molecule has 0 aromatic heterocycles. The van der Waals surface area contributed by atoms with E-state index >= 15 is 0 Å². The molecule has 0 bridgehead atoms. The summed E-state index contributed by atoms with van der Waals surface area (Å²) in [6.45, 7) is 0. The van der Waals surface area contributed by atoms with E-state index in [4.69, 9.17) is 0 Å². The van der Waals surface area contributed by atoms with E-state index in [0.29, 0.717) is 0 Å². The van der Waals surface area contributed by atoms with Gasteiger partial charge in [0.25, 0.3) is 0 Å². The highest BCUT2D eigenvalue weighted by atomic mass is 19.1. The predicted octanol–water partition coefficient (Wildman–Crippen LogP) is 4.72. The van der Waals surface area contributed by atoms with E-state index in [-0.39, 0.29) is 17.5 Å². The zero-order valence-corrected chi connectivity index (χ0v) is 11.9. The molecule has 1 saturated carbocycles. The van der Waals surface area contributed by atoms with Gasteiger partial charge in [0.2, 0.25) is 0 Å². The maximum Gasteiger partial charge on any atom is 0.133 e. The lowest BCUT2D eigenvalue weighted by molar-refractivity contribution is 0.287. The largest absolute Gasteiger partial charge is 0.313 e. The molecule has 1 atom stereocenters. The molecule has 1 aromatic rings. The Morgan fingerprint density at radius 3 is 1.95 bits per heavy atom. The lowest BCUT2D eigenvalue weighted by atomic mass is 9.82. The van der Waals surface area contributed by atoms with Crippen LogP contribution in [0.1, 0.15) is 56.6 Å². The summed E-state index contributed by atoms with van der Waals surface area (Å²) in [7, 11) is 1.71. The van der Waals surface area contributed by atoms with Gasteiger partial charge in [-0.1, -0.05) is 32.1 Å². The molecular weight excluding hydrogens is 263 g/mol. The van der Waals surface area contributed by atoms with Crippen LogP contribution >= 0.6 is 0 Å². The smallest absolute Gasteiger partial charge is 0.133 e. The molecule has 0 amide bonds. The van der Waals surface area contributed by atoms with Gasteiger partial charge in [0.05, 0.1) is 0 Å². The fourth-order valence-electron chi connectivity index (χ4n) is 3.29. The zero-order valence-electron chi connectivity index (χ0n) is 11.9. The van der Waals surface area contributed by atoms with Gasteiger partial charge < -0.3 is 5.32 Å². The van der Waals surface area contributed by atoms with Gasteiger partial charge in [0, 0.05) is 23.7 Å². The van der Waals surface area contributed by atoms with Crippen molar-refractivity contribution in [1.82, 2.24) is 5.32 Å². The van der Waals surface area contributed by atoms with Crippen LogP contribution in [0.3, 0.4) is 0 Å². The monoisotopic (exact) mass is 285 g/mol. The van der Waals surface area contributed by atoms with Crippen molar-refractivity contribution in [2.45, 2.75) is 51.0 Å². The Balaban J connectivity index is 2.26. The van der Waals surface area contributed by atoms with Crippen LogP contribution in [0, 0.1) is 23.4 Å². The van der Waals surface area contributed by atoms with Crippen LogP contribution in [-0.2, 0) is 0 Å². The first-order valence-electron chi connectivity index (χ1n) is 7.45. The third-order valence-corrected chi connectivity index (χ3v) is 4.29. The van der Waals surface area contributed by atoms with Gasteiger partial charge in [-0.25, -0.2) is 13.2 Å². The van der Waals surface area contributed by atoms with E-state index in [9.17, 15) is 13.2 Å². The summed E-state index contributed by atoms with van der Waals surface area (Å²) in [5.74, 6) is -2.24. The van der Waals surface area contributed by atoms with Crippen LogP contribution in [0.5, 0.6) is 0 Å². The van der Waals surface area contributed by atoms with Crippen LogP contribution in [-0.4, -0.2) is 7.05 Å². The number of benzene rings is 1. The van der Waals surface area contributed by atoms with E-state index in [1.54, 1.807) is 7.05 Å². The number of nitrogens with one attached hydrogen (secondary N) is 1. The SMILES string of the molecule is CNC(c1c(F)cc(F)cc1F)C1CCCCCCC1. The number of rotatable bonds is 3. The maximum absolute atomic E-state index is 14.0. The van der Waals surface area contributed by atoms with Gasteiger partial charge in [0.1, 0.15) is 17.5 Å². The summed E-state index contributed by atoms with van der Waals surface area (Å²) in [6.07, 6.45) is 7.71. The molecule has 0 aliphatic heterocycles. The molecule has 1 aliphatic carbocycles. The minimum absolute atomic E-state index is 0.0144. The average Bonchev–Trinajstić information content (AvgIpc) is 2.34. The van der Waals surface area contributed by atoms with Crippen LogP contribution in [0.25, 0.3) is 0 Å². The quantitative estimate of drug-likeness (QED) is 0.847. The van der Waals surface area contributed by atoms with E-state index in [1.807, 2.05) is 0 Å². The fraction of sp³-hybridized carbons (Fsp3) is 0.625. The highest BCUT2D eigenvalue weighted by Crippen LogP contribution is 2.35. The second-order valence-corrected chi connectivity index (χ2v) is 5.65. The Morgan fingerprint density at radius 2 is 1.45 bits per heavy atom. The molecule has 1 fully saturated rings. The van der Waals surface area contributed by atoms with Crippen molar-refractivity contribution in [3.05, 3.63) is 35.1 Å². The topological polar surface area (TPSA) is 12.0 Å². The summed E-state index contributed by atoms with van der Waals surface area (Å²) in [5.41, 5.74) is -0.0144. The third kappa shape index (κ3) is 3.54. The van der Waals surface area contributed by atoms with E-state index in [0.717, 1.165) is 37.8 Å². The number of hydrogen-bond acceptors (Lipinski definition) is 1. The Labute approximate surface area is 118 Å². The standard InChI is InChI=1S/C16H22F3N/c1-20-16(11-7-5-3-2-4-6-8-11)15-13(18)9-12(17)10-14(15)19/h9-11,16,20H,2-8H2,1H3. The van der Waals surface area contributed by atoms with Gasteiger partial charge >= 0.3 is 0 Å². The molecule has 1 aromatic carbocycles. The first kappa shape index (κ1) is 15.4. The van der Waals surface area contributed by atoms with Crippen molar-refractivity contribution in [3.63, 3.8) is 0 Å². The zero-order chi connectivity index (χ0) is 14.5. The molecule has 20 heavy (non-hydrogen) atoms. The van der Waals surface area contributed by atoms with Crippen molar-refractivity contribution in [2.75, 3.05) is 7.05 Å². The Hall–Kier alpha value is -1.03. The molecule has 4 heteroatoms. The summed E-state index contributed by atoms with van der Waals surface area (Å²) < 4.78 is 41.0. The molecule has 0 spiro atoms. The van der Waals surface area contributed by atoms with Gasteiger partial charge in [-0.3, -0.25) is 0 Å². The van der Waals surface area contributed by atoms with Gasteiger partial charge in [-0.15, -0.1) is 0 Å². The van der Waals surface area contributed by atoms with Crippen molar-refractivity contribution in [3.8, 4) is 0 Å². The molecule has 1 nitrogen and oxygen atoms in total. The van der Waals surface area contributed by atoms with Crippen LogP contribution < -0.4 is 5.32 Å². The van der Waals surface area contributed by atoms with Crippen LogP contribution in [0.4, 0.5) is 13.2 Å². The van der Waals surface area contributed by atoms with E-state index in [1.165, 1.54) is 19.3 Å². The van der Waals surface area contributed by atoms with Crippen LogP contribution in [0.15, 0.2) is 12.1 Å². The van der Waals surface area contributed by atoms with Gasteiger partial charge in [-0.2, -0.15) is 0 Å². The lowest BCUT2D eigenvalue weighted by Crippen LogP contribution is -2.28. The minimum atomic E-state index is -0.865. The first-order valence-corrected chi connectivity index (χ1v) is 7.45. The molecular formula is C16H22F3N. The maximum atomic E-state index is 14.0. The van der Waals surface area contributed by atoms with Crippen LogP contribution in [0.2, 0.25) is 0 Å². The second-order valence-electron chi connectivity index (χ2n) is 5.65. The van der Waals surface area contributed by atoms with Crippen molar-refractivity contribution in [2.24, 2.45) is 5.92 Å².